The zero-order valence-corrected chi connectivity index (χ0v) is 10.9. The number of rotatable bonds is 7. The highest BCUT2D eigenvalue weighted by molar-refractivity contribution is 5.78. The molecular formula is C14H18FNO3. The summed E-state index contributed by atoms with van der Waals surface area (Å²) in [5, 5.41) is 2.84. The van der Waals surface area contributed by atoms with E-state index in [1.807, 2.05) is 6.07 Å². The first-order valence-electron chi connectivity index (χ1n) is 6.33. The molecule has 2 atom stereocenters. The molecule has 0 aliphatic heterocycles. The van der Waals surface area contributed by atoms with Gasteiger partial charge in [0.25, 0.3) is 0 Å². The molecule has 5 heteroatoms. The fourth-order valence-corrected chi connectivity index (χ4v) is 2.03. The number of methoxy groups -OCH3 is 1. The monoisotopic (exact) mass is 267 g/mol. The van der Waals surface area contributed by atoms with Gasteiger partial charge in [0.2, 0.25) is 5.91 Å². The summed E-state index contributed by atoms with van der Waals surface area (Å²) >= 11 is 0. The van der Waals surface area contributed by atoms with Crippen LogP contribution < -0.4 is 5.32 Å². The summed E-state index contributed by atoms with van der Waals surface area (Å²) in [6.07, 6.45) is 0.782. The van der Waals surface area contributed by atoms with E-state index in [0.29, 0.717) is 18.8 Å². The maximum atomic E-state index is 13.5. The lowest BCUT2D eigenvalue weighted by Crippen LogP contribution is -2.30. The molecule has 19 heavy (non-hydrogen) atoms. The largest absolute Gasteiger partial charge is 0.382 e. The van der Waals surface area contributed by atoms with Crippen molar-refractivity contribution < 1.29 is 18.7 Å². The SMILES string of the molecule is COCCOCC(=O)N[C@H]1C[C@@H]1c1ccccc1F. The van der Waals surface area contributed by atoms with Crippen LogP contribution in [0.4, 0.5) is 4.39 Å². The Balaban J connectivity index is 1.72. The van der Waals surface area contributed by atoms with E-state index in [-0.39, 0.29) is 30.3 Å². The van der Waals surface area contributed by atoms with Gasteiger partial charge in [-0.2, -0.15) is 0 Å². The maximum Gasteiger partial charge on any atom is 0.246 e. The molecule has 1 saturated carbocycles. The Bertz CT molecular complexity index is 438. The number of benzene rings is 1. The second-order valence-corrected chi connectivity index (χ2v) is 4.58. The summed E-state index contributed by atoms with van der Waals surface area (Å²) in [6, 6.07) is 6.71. The van der Waals surface area contributed by atoms with Gasteiger partial charge in [-0.15, -0.1) is 0 Å². The van der Waals surface area contributed by atoms with Crippen LogP contribution in [0, 0.1) is 5.82 Å². The number of carbonyl (C=O) groups excluding carboxylic acids is 1. The Hall–Kier alpha value is -1.46. The quantitative estimate of drug-likeness (QED) is 0.761. The van der Waals surface area contributed by atoms with Crippen LogP contribution in [0.5, 0.6) is 0 Å². The van der Waals surface area contributed by atoms with Crippen LogP contribution in [-0.4, -0.2) is 38.9 Å². The number of hydrogen-bond donors (Lipinski definition) is 1. The van der Waals surface area contributed by atoms with Crippen LogP contribution >= 0.6 is 0 Å². The summed E-state index contributed by atoms with van der Waals surface area (Å²) in [5.41, 5.74) is 0.674. The van der Waals surface area contributed by atoms with E-state index >= 15 is 0 Å². The Morgan fingerprint density at radius 2 is 2.21 bits per heavy atom. The third-order valence-electron chi connectivity index (χ3n) is 3.11. The van der Waals surface area contributed by atoms with Crippen LogP contribution in [0.1, 0.15) is 17.9 Å². The molecule has 2 rings (SSSR count). The molecule has 1 aromatic carbocycles. The maximum absolute atomic E-state index is 13.5. The molecule has 0 saturated heterocycles. The minimum atomic E-state index is -0.208. The van der Waals surface area contributed by atoms with Crippen molar-refractivity contribution in [2.75, 3.05) is 26.9 Å². The number of amides is 1. The normalized spacial score (nSPS) is 21.2. The van der Waals surface area contributed by atoms with Crippen LogP contribution in [0.2, 0.25) is 0 Å². The molecule has 1 aliphatic rings. The van der Waals surface area contributed by atoms with Gasteiger partial charge < -0.3 is 14.8 Å². The van der Waals surface area contributed by atoms with Crippen LogP contribution in [-0.2, 0) is 14.3 Å². The van der Waals surface area contributed by atoms with Gasteiger partial charge in [0.1, 0.15) is 12.4 Å². The summed E-state index contributed by atoms with van der Waals surface area (Å²) in [4.78, 5) is 11.5. The van der Waals surface area contributed by atoms with Gasteiger partial charge in [-0.1, -0.05) is 18.2 Å². The molecule has 1 amide bonds. The Morgan fingerprint density at radius 1 is 1.42 bits per heavy atom. The van der Waals surface area contributed by atoms with Gasteiger partial charge in [0.15, 0.2) is 0 Å². The molecule has 1 fully saturated rings. The highest BCUT2D eigenvalue weighted by atomic mass is 19.1. The average molecular weight is 267 g/mol. The Kier molecular flexibility index (Phi) is 4.87. The van der Waals surface area contributed by atoms with E-state index in [1.54, 1.807) is 19.2 Å². The molecule has 104 valence electrons. The summed E-state index contributed by atoms with van der Waals surface area (Å²) < 4.78 is 23.5. The lowest BCUT2D eigenvalue weighted by atomic mass is 10.1. The van der Waals surface area contributed by atoms with Crippen molar-refractivity contribution >= 4 is 5.91 Å². The number of nitrogens with one attached hydrogen (secondary N) is 1. The number of hydrogen-bond acceptors (Lipinski definition) is 3. The predicted molar refractivity (Wildman–Crippen MR) is 68.4 cm³/mol. The second kappa shape index (κ2) is 6.63. The van der Waals surface area contributed by atoms with Crippen molar-refractivity contribution in [3.8, 4) is 0 Å². The fourth-order valence-electron chi connectivity index (χ4n) is 2.03. The summed E-state index contributed by atoms with van der Waals surface area (Å²) in [6.45, 7) is 0.879. The van der Waals surface area contributed by atoms with E-state index < -0.39 is 0 Å². The number of ether oxygens (including phenoxy) is 2. The fraction of sp³-hybridized carbons (Fsp3) is 0.500. The Morgan fingerprint density at radius 3 is 2.95 bits per heavy atom. The zero-order chi connectivity index (χ0) is 13.7. The van der Waals surface area contributed by atoms with Crippen LogP contribution in [0.15, 0.2) is 24.3 Å². The van der Waals surface area contributed by atoms with E-state index in [0.717, 1.165) is 6.42 Å². The molecule has 0 unspecified atom stereocenters. The van der Waals surface area contributed by atoms with E-state index in [9.17, 15) is 9.18 Å². The molecule has 1 aromatic rings. The van der Waals surface area contributed by atoms with Crippen LogP contribution in [0.3, 0.4) is 0 Å². The standard InChI is InChI=1S/C14H18FNO3/c1-18-6-7-19-9-14(17)16-13-8-11(13)10-4-2-3-5-12(10)15/h2-5,11,13H,6-9H2,1H3,(H,16,17)/t11-,13+/m1/s1. The third kappa shape index (κ3) is 4.01. The van der Waals surface area contributed by atoms with Crippen LogP contribution in [0.25, 0.3) is 0 Å². The highest BCUT2D eigenvalue weighted by Gasteiger charge is 2.40. The Labute approximate surface area is 111 Å². The number of halogens is 1. The first-order valence-corrected chi connectivity index (χ1v) is 6.33. The van der Waals surface area contributed by atoms with Gasteiger partial charge in [-0.3, -0.25) is 4.79 Å². The van der Waals surface area contributed by atoms with Gasteiger partial charge in [-0.25, -0.2) is 4.39 Å². The minimum absolute atomic E-state index is 0.0177. The van der Waals surface area contributed by atoms with E-state index in [2.05, 4.69) is 5.32 Å². The zero-order valence-electron chi connectivity index (χ0n) is 10.9. The van der Waals surface area contributed by atoms with Gasteiger partial charge in [0, 0.05) is 19.1 Å². The lowest BCUT2D eigenvalue weighted by Gasteiger charge is -2.06. The van der Waals surface area contributed by atoms with Crippen molar-refractivity contribution in [3.05, 3.63) is 35.6 Å². The van der Waals surface area contributed by atoms with Crippen molar-refractivity contribution in [1.82, 2.24) is 5.32 Å². The number of carbonyl (C=O) groups is 1. The van der Waals surface area contributed by atoms with E-state index in [1.165, 1.54) is 6.07 Å². The molecule has 0 spiro atoms. The van der Waals surface area contributed by atoms with Crippen molar-refractivity contribution in [2.24, 2.45) is 0 Å². The molecule has 4 nitrogen and oxygen atoms in total. The predicted octanol–water partition coefficient (Wildman–Crippen LogP) is 1.46. The van der Waals surface area contributed by atoms with Gasteiger partial charge >= 0.3 is 0 Å². The highest BCUT2D eigenvalue weighted by Crippen LogP contribution is 2.41. The smallest absolute Gasteiger partial charge is 0.246 e. The first kappa shape index (κ1) is 14.0. The second-order valence-electron chi connectivity index (χ2n) is 4.58. The molecule has 1 aliphatic carbocycles. The molecule has 0 bridgehead atoms. The minimum Gasteiger partial charge on any atom is -0.382 e. The average Bonchev–Trinajstić information content (AvgIpc) is 3.14. The molecular weight excluding hydrogens is 249 g/mol. The summed E-state index contributed by atoms with van der Waals surface area (Å²) in [5.74, 6) is -0.287. The molecule has 0 radical (unpaired) electrons. The molecule has 1 N–H and O–H groups in total. The van der Waals surface area contributed by atoms with Gasteiger partial charge in [-0.05, 0) is 18.1 Å². The first-order chi connectivity index (χ1) is 9.22. The van der Waals surface area contributed by atoms with Crippen molar-refractivity contribution in [1.29, 1.82) is 0 Å². The third-order valence-corrected chi connectivity index (χ3v) is 3.11. The van der Waals surface area contributed by atoms with Crippen molar-refractivity contribution in [2.45, 2.75) is 18.4 Å². The lowest BCUT2D eigenvalue weighted by molar-refractivity contribution is -0.126. The van der Waals surface area contributed by atoms with E-state index in [4.69, 9.17) is 9.47 Å². The molecule has 0 heterocycles. The summed E-state index contributed by atoms with van der Waals surface area (Å²) in [7, 11) is 1.58. The van der Waals surface area contributed by atoms with Gasteiger partial charge in [0.05, 0.1) is 13.2 Å². The molecule has 0 aromatic heterocycles. The van der Waals surface area contributed by atoms with Crippen molar-refractivity contribution in [3.63, 3.8) is 0 Å². The topological polar surface area (TPSA) is 47.6 Å².